The maximum Gasteiger partial charge on any atom is 0.253 e. The van der Waals surface area contributed by atoms with Gasteiger partial charge in [0, 0.05) is 15.9 Å². The van der Waals surface area contributed by atoms with Crippen LogP contribution in [0.15, 0.2) is 34.1 Å². The Hall–Kier alpha value is -1.40. The zero-order chi connectivity index (χ0) is 13.8. The fourth-order valence-electron chi connectivity index (χ4n) is 1.74. The van der Waals surface area contributed by atoms with Gasteiger partial charge in [-0.15, -0.1) is 11.3 Å². The van der Waals surface area contributed by atoms with Crippen molar-refractivity contribution in [3.8, 4) is 0 Å². The summed E-state index contributed by atoms with van der Waals surface area (Å²) >= 11 is 4.86. The number of nitrogens with two attached hydrogens (primary N) is 1. The molecule has 19 heavy (non-hydrogen) atoms. The van der Waals surface area contributed by atoms with Crippen molar-refractivity contribution in [1.82, 2.24) is 0 Å². The number of anilines is 1. The van der Waals surface area contributed by atoms with E-state index in [0.29, 0.717) is 16.7 Å². The van der Waals surface area contributed by atoms with E-state index in [1.54, 1.807) is 17.4 Å². The molecule has 0 aliphatic rings. The molecule has 1 heterocycles. The van der Waals surface area contributed by atoms with Crippen LogP contribution >= 0.6 is 27.3 Å². The van der Waals surface area contributed by atoms with E-state index in [9.17, 15) is 9.18 Å². The van der Waals surface area contributed by atoms with Crippen molar-refractivity contribution in [1.29, 1.82) is 0 Å². The Bertz CT molecular complexity index is 587. The molecule has 3 N–H and O–H groups in total. The molecule has 0 bridgehead atoms. The summed E-state index contributed by atoms with van der Waals surface area (Å²) in [6, 6.07) is 6.89. The van der Waals surface area contributed by atoms with Gasteiger partial charge in [0.1, 0.15) is 5.82 Å². The van der Waals surface area contributed by atoms with Crippen LogP contribution in [-0.2, 0) is 6.42 Å². The number of thiophene rings is 1. The van der Waals surface area contributed by atoms with E-state index < -0.39 is 11.7 Å². The Balaban J connectivity index is 2.12. The number of halogens is 2. The van der Waals surface area contributed by atoms with E-state index in [-0.39, 0.29) is 5.56 Å². The van der Waals surface area contributed by atoms with Crippen molar-refractivity contribution in [2.24, 2.45) is 5.73 Å². The van der Waals surface area contributed by atoms with Gasteiger partial charge in [-0.05, 0) is 30.0 Å². The fraction of sp³-hybridized carbons (Fsp3) is 0.154. The van der Waals surface area contributed by atoms with Crippen LogP contribution in [-0.4, -0.2) is 12.5 Å². The number of amides is 1. The molecule has 2 rings (SSSR count). The van der Waals surface area contributed by atoms with Gasteiger partial charge < -0.3 is 11.1 Å². The average molecular weight is 343 g/mol. The van der Waals surface area contributed by atoms with Gasteiger partial charge in [-0.25, -0.2) is 4.39 Å². The van der Waals surface area contributed by atoms with E-state index in [1.807, 2.05) is 17.5 Å². The minimum absolute atomic E-state index is 0.102. The Morgan fingerprint density at radius 2 is 2.26 bits per heavy atom. The lowest BCUT2D eigenvalue weighted by atomic mass is 10.1. The number of benzene rings is 1. The molecule has 0 aliphatic heterocycles. The van der Waals surface area contributed by atoms with E-state index in [2.05, 4.69) is 21.2 Å². The number of carbonyl (C=O) groups excluding carboxylic acids is 1. The third-order valence-corrected chi connectivity index (χ3v) is 3.96. The average Bonchev–Trinajstić information content (AvgIpc) is 2.80. The molecule has 0 saturated heterocycles. The molecule has 1 aromatic carbocycles. The van der Waals surface area contributed by atoms with Crippen LogP contribution in [0.3, 0.4) is 0 Å². The van der Waals surface area contributed by atoms with Crippen molar-refractivity contribution in [2.45, 2.75) is 6.42 Å². The first-order chi connectivity index (χ1) is 9.08. The van der Waals surface area contributed by atoms with E-state index >= 15 is 0 Å². The van der Waals surface area contributed by atoms with Crippen LogP contribution in [0.2, 0.25) is 0 Å². The van der Waals surface area contributed by atoms with Crippen LogP contribution in [0.4, 0.5) is 10.1 Å². The Morgan fingerprint density at radius 3 is 2.89 bits per heavy atom. The highest BCUT2D eigenvalue weighted by Crippen LogP contribution is 2.24. The molecule has 3 nitrogen and oxygen atoms in total. The number of nitrogens with one attached hydrogen (secondary N) is 1. The Kier molecular flexibility index (Phi) is 4.55. The van der Waals surface area contributed by atoms with E-state index in [1.165, 1.54) is 10.9 Å². The first kappa shape index (κ1) is 14.0. The van der Waals surface area contributed by atoms with Gasteiger partial charge in [-0.1, -0.05) is 22.0 Å². The van der Waals surface area contributed by atoms with Gasteiger partial charge >= 0.3 is 0 Å². The van der Waals surface area contributed by atoms with Crippen molar-refractivity contribution >= 4 is 38.9 Å². The largest absolute Gasteiger partial charge is 0.384 e. The normalized spacial score (nSPS) is 10.4. The third-order valence-electron chi connectivity index (χ3n) is 2.57. The summed E-state index contributed by atoms with van der Waals surface area (Å²) in [5, 5.41) is 5.05. The van der Waals surface area contributed by atoms with E-state index in [0.717, 1.165) is 6.42 Å². The van der Waals surface area contributed by atoms with Gasteiger partial charge in [-0.3, -0.25) is 4.79 Å². The second kappa shape index (κ2) is 6.16. The molecule has 2 aromatic rings. The maximum absolute atomic E-state index is 13.7. The number of hydrogen-bond donors (Lipinski definition) is 2. The molecular weight excluding hydrogens is 331 g/mol. The first-order valence-electron chi connectivity index (χ1n) is 5.63. The van der Waals surface area contributed by atoms with E-state index in [4.69, 9.17) is 5.73 Å². The summed E-state index contributed by atoms with van der Waals surface area (Å²) in [7, 11) is 0. The fourth-order valence-corrected chi connectivity index (χ4v) is 2.88. The quantitative estimate of drug-likeness (QED) is 0.874. The van der Waals surface area contributed by atoms with Crippen LogP contribution < -0.4 is 11.1 Å². The number of carbonyl (C=O) groups is 1. The summed E-state index contributed by atoms with van der Waals surface area (Å²) in [6.07, 6.45) is 0.810. The van der Waals surface area contributed by atoms with Gasteiger partial charge in [0.05, 0.1) is 11.3 Å². The Labute approximate surface area is 122 Å². The van der Waals surface area contributed by atoms with Crippen LogP contribution in [0.5, 0.6) is 0 Å². The third kappa shape index (κ3) is 3.54. The lowest BCUT2D eigenvalue weighted by Gasteiger charge is -2.11. The molecule has 0 atom stereocenters. The molecule has 0 unspecified atom stereocenters. The van der Waals surface area contributed by atoms with Gasteiger partial charge in [-0.2, -0.15) is 0 Å². The molecule has 1 amide bonds. The molecule has 6 heteroatoms. The number of hydrogen-bond acceptors (Lipinski definition) is 3. The van der Waals surface area contributed by atoms with Crippen LogP contribution in [0, 0.1) is 5.82 Å². The molecule has 0 spiro atoms. The smallest absolute Gasteiger partial charge is 0.253 e. The summed E-state index contributed by atoms with van der Waals surface area (Å²) in [6.45, 7) is 0.608. The molecule has 1 aromatic heterocycles. The standard InChI is InChI=1S/C13H12BrFN2OS/c14-8-6-10(15)12(13(16)18)11(7-8)17-4-3-9-2-1-5-19-9/h1-2,5-7,17H,3-4H2,(H2,16,18). The highest BCUT2D eigenvalue weighted by molar-refractivity contribution is 9.10. The minimum atomic E-state index is -0.774. The highest BCUT2D eigenvalue weighted by Gasteiger charge is 2.15. The predicted octanol–water partition coefficient (Wildman–Crippen LogP) is 3.40. The molecule has 0 radical (unpaired) electrons. The molecular formula is C13H12BrFN2OS. The minimum Gasteiger partial charge on any atom is -0.384 e. The van der Waals surface area contributed by atoms with Gasteiger partial charge in [0.25, 0.3) is 5.91 Å². The van der Waals surface area contributed by atoms with Crippen LogP contribution in [0.25, 0.3) is 0 Å². The molecule has 100 valence electrons. The zero-order valence-electron chi connectivity index (χ0n) is 9.95. The lowest BCUT2D eigenvalue weighted by Crippen LogP contribution is -2.17. The summed E-state index contributed by atoms with van der Waals surface area (Å²) < 4.78 is 14.3. The van der Waals surface area contributed by atoms with Crippen LogP contribution in [0.1, 0.15) is 15.2 Å². The second-order valence-electron chi connectivity index (χ2n) is 3.93. The molecule has 0 aliphatic carbocycles. The molecule has 0 saturated carbocycles. The van der Waals surface area contributed by atoms with Crippen molar-refractivity contribution in [3.63, 3.8) is 0 Å². The summed E-state index contributed by atoms with van der Waals surface area (Å²) in [5.41, 5.74) is 5.51. The maximum atomic E-state index is 13.7. The molecule has 0 fully saturated rings. The lowest BCUT2D eigenvalue weighted by molar-refractivity contribution is 0.0997. The van der Waals surface area contributed by atoms with Gasteiger partial charge in [0.15, 0.2) is 0 Å². The van der Waals surface area contributed by atoms with Gasteiger partial charge in [0.2, 0.25) is 0 Å². The topological polar surface area (TPSA) is 55.1 Å². The predicted molar refractivity (Wildman–Crippen MR) is 79.1 cm³/mol. The summed E-state index contributed by atoms with van der Waals surface area (Å²) in [5.74, 6) is -1.40. The monoisotopic (exact) mass is 342 g/mol. The van der Waals surface area contributed by atoms with Crippen molar-refractivity contribution in [2.75, 3.05) is 11.9 Å². The van der Waals surface area contributed by atoms with Crippen molar-refractivity contribution < 1.29 is 9.18 Å². The van der Waals surface area contributed by atoms with Crippen molar-refractivity contribution in [3.05, 3.63) is 50.4 Å². The zero-order valence-corrected chi connectivity index (χ0v) is 12.4. The number of rotatable bonds is 5. The second-order valence-corrected chi connectivity index (χ2v) is 5.88. The SMILES string of the molecule is NC(=O)c1c(F)cc(Br)cc1NCCc1cccs1. The highest BCUT2D eigenvalue weighted by atomic mass is 79.9. The first-order valence-corrected chi connectivity index (χ1v) is 7.30. The number of primary amides is 1. The Morgan fingerprint density at radius 1 is 1.47 bits per heavy atom. The summed E-state index contributed by atoms with van der Waals surface area (Å²) in [4.78, 5) is 12.5.